The lowest BCUT2D eigenvalue weighted by Crippen LogP contribution is -2.44. The topological polar surface area (TPSA) is 52.2 Å². The lowest BCUT2D eigenvalue weighted by molar-refractivity contribution is -0.133. The number of carbonyl (C=O) groups excluding carboxylic acids is 1. The number of aromatic amines is 1. The zero-order valence-corrected chi connectivity index (χ0v) is 16.4. The van der Waals surface area contributed by atoms with Crippen molar-refractivity contribution < 1.29 is 9.18 Å². The van der Waals surface area contributed by atoms with E-state index in [9.17, 15) is 9.18 Å². The Kier molecular flexibility index (Phi) is 4.79. The number of aromatic nitrogens is 2. The average Bonchev–Trinajstić information content (AvgIpc) is 3.17. The van der Waals surface area contributed by atoms with Gasteiger partial charge in [0.25, 0.3) is 0 Å². The summed E-state index contributed by atoms with van der Waals surface area (Å²) in [6, 6.07) is 13.2. The van der Waals surface area contributed by atoms with Crippen LogP contribution >= 0.6 is 0 Å². The minimum absolute atomic E-state index is 0.221. The van der Waals surface area contributed by atoms with E-state index in [1.54, 1.807) is 0 Å². The van der Waals surface area contributed by atoms with E-state index in [1.165, 1.54) is 23.3 Å². The highest BCUT2D eigenvalue weighted by atomic mass is 19.1. The first-order valence-corrected chi connectivity index (χ1v) is 10.4. The molecule has 1 saturated heterocycles. The Morgan fingerprint density at radius 1 is 1.10 bits per heavy atom. The van der Waals surface area contributed by atoms with Crippen LogP contribution in [0.15, 0.2) is 42.5 Å². The molecule has 150 valence electrons. The molecule has 0 bridgehead atoms. The number of halogens is 1. The molecule has 1 N–H and O–H groups in total. The number of nitrogens with one attached hydrogen (secondary N) is 1. The summed E-state index contributed by atoms with van der Waals surface area (Å²) < 4.78 is 13.4. The summed E-state index contributed by atoms with van der Waals surface area (Å²) in [6.07, 6.45) is 2.87. The molecule has 2 aliphatic rings. The Labute approximate surface area is 169 Å². The molecule has 1 fully saturated rings. The lowest BCUT2D eigenvalue weighted by Gasteiger charge is -2.34. The standard InChI is InChI=1S/C23H25FN4O/c24-19-5-6-20-21(13-19)25-26-23(20)17-7-10-27(11-8-17)15-22(29)28-12-9-16-3-1-2-4-18(16)14-28/h1-6,13,17H,7-12,14-15H2,(H,25,26). The van der Waals surface area contributed by atoms with Crippen LogP contribution in [0.3, 0.4) is 0 Å². The maximum atomic E-state index is 13.4. The summed E-state index contributed by atoms with van der Waals surface area (Å²) in [7, 11) is 0. The number of hydrogen-bond donors (Lipinski definition) is 1. The van der Waals surface area contributed by atoms with Crippen LogP contribution in [0, 0.1) is 5.82 Å². The summed E-state index contributed by atoms with van der Waals surface area (Å²) in [4.78, 5) is 17.1. The second-order valence-electron chi connectivity index (χ2n) is 8.18. The zero-order valence-electron chi connectivity index (χ0n) is 16.4. The largest absolute Gasteiger partial charge is 0.337 e. The molecule has 6 heteroatoms. The van der Waals surface area contributed by atoms with Crippen molar-refractivity contribution in [3.63, 3.8) is 0 Å². The molecule has 5 rings (SSSR count). The molecule has 3 heterocycles. The minimum atomic E-state index is -0.249. The molecule has 2 aromatic carbocycles. The quantitative estimate of drug-likeness (QED) is 0.743. The smallest absolute Gasteiger partial charge is 0.237 e. The predicted octanol–water partition coefficient (Wildman–Crippen LogP) is 3.47. The van der Waals surface area contributed by atoms with E-state index in [2.05, 4.69) is 33.3 Å². The van der Waals surface area contributed by atoms with Crippen LogP contribution in [0.4, 0.5) is 4.39 Å². The Bertz CT molecular complexity index is 1040. The van der Waals surface area contributed by atoms with Crippen molar-refractivity contribution in [2.75, 3.05) is 26.2 Å². The van der Waals surface area contributed by atoms with Crippen LogP contribution in [-0.2, 0) is 17.8 Å². The van der Waals surface area contributed by atoms with Gasteiger partial charge in [-0.2, -0.15) is 5.10 Å². The summed E-state index contributed by atoms with van der Waals surface area (Å²) >= 11 is 0. The molecule has 0 unspecified atom stereocenters. The summed E-state index contributed by atoms with van der Waals surface area (Å²) in [5.74, 6) is 0.322. The summed E-state index contributed by atoms with van der Waals surface area (Å²) in [6.45, 7) is 3.79. The second kappa shape index (κ2) is 7.59. The second-order valence-corrected chi connectivity index (χ2v) is 8.18. The number of hydrogen-bond acceptors (Lipinski definition) is 3. The van der Waals surface area contributed by atoms with Gasteiger partial charge in [0.15, 0.2) is 0 Å². The SMILES string of the molecule is O=C(CN1CCC(c2n[nH]c3cc(F)ccc23)CC1)N1CCc2ccccc2C1. The van der Waals surface area contributed by atoms with Crippen LogP contribution in [0.2, 0.25) is 0 Å². The highest BCUT2D eigenvalue weighted by Gasteiger charge is 2.27. The molecule has 0 saturated carbocycles. The highest BCUT2D eigenvalue weighted by molar-refractivity contribution is 5.82. The maximum absolute atomic E-state index is 13.4. The Hall–Kier alpha value is -2.73. The number of carbonyl (C=O) groups is 1. The van der Waals surface area contributed by atoms with Gasteiger partial charge in [0.05, 0.1) is 17.8 Å². The molecule has 0 aliphatic carbocycles. The Morgan fingerprint density at radius 2 is 1.90 bits per heavy atom. The van der Waals surface area contributed by atoms with E-state index >= 15 is 0 Å². The molecule has 0 atom stereocenters. The van der Waals surface area contributed by atoms with E-state index in [0.717, 1.165) is 62.0 Å². The fraction of sp³-hybridized carbons (Fsp3) is 0.391. The van der Waals surface area contributed by atoms with Gasteiger partial charge in [-0.1, -0.05) is 24.3 Å². The van der Waals surface area contributed by atoms with Gasteiger partial charge in [-0.25, -0.2) is 4.39 Å². The van der Waals surface area contributed by atoms with Crippen molar-refractivity contribution in [1.82, 2.24) is 20.0 Å². The molecule has 0 spiro atoms. The van der Waals surface area contributed by atoms with E-state index in [4.69, 9.17) is 0 Å². The highest BCUT2D eigenvalue weighted by Crippen LogP contribution is 2.31. The predicted molar refractivity (Wildman–Crippen MR) is 110 cm³/mol. The van der Waals surface area contributed by atoms with E-state index in [1.807, 2.05) is 17.0 Å². The third-order valence-corrected chi connectivity index (χ3v) is 6.37. The number of amides is 1. The van der Waals surface area contributed by atoms with E-state index in [0.29, 0.717) is 12.5 Å². The van der Waals surface area contributed by atoms with Gasteiger partial charge < -0.3 is 4.90 Å². The summed E-state index contributed by atoms with van der Waals surface area (Å²) in [5, 5.41) is 8.42. The first-order chi connectivity index (χ1) is 14.2. The maximum Gasteiger partial charge on any atom is 0.237 e. The number of piperidine rings is 1. The first kappa shape index (κ1) is 18.3. The summed E-state index contributed by atoms with van der Waals surface area (Å²) in [5.41, 5.74) is 4.41. The molecule has 2 aliphatic heterocycles. The van der Waals surface area contributed by atoms with E-state index < -0.39 is 0 Å². The molecule has 3 aromatic rings. The molecule has 0 radical (unpaired) electrons. The third-order valence-electron chi connectivity index (χ3n) is 6.37. The Balaban J connectivity index is 1.18. The molecular weight excluding hydrogens is 367 g/mol. The van der Waals surface area contributed by atoms with Gasteiger partial charge in [0.1, 0.15) is 5.82 Å². The van der Waals surface area contributed by atoms with Gasteiger partial charge in [0, 0.05) is 24.4 Å². The van der Waals surface area contributed by atoms with Crippen LogP contribution < -0.4 is 0 Å². The number of benzene rings is 2. The number of likely N-dealkylation sites (tertiary alicyclic amines) is 1. The van der Waals surface area contributed by atoms with Crippen molar-refractivity contribution >= 4 is 16.8 Å². The number of H-pyrrole nitrogens is 1. The minimum Gasteiger partial charge on any atom is -0.337 e. The molecule has 1 aromatic heterocycles. The van der Waals surface area contributed by atoms with Crippen molar-refractivity contribution in [3.05, 3.63) is 65.1 Å². The number of fused-ring (bicyclic) bond motifs is 2. The fourth-order valence-electron chi connectivity index (χ4n) is 4.69. The van der Waals surface area contributed by atoms with Gasteiger partial charge in [-0.3, -0.25) is 14.8 Å². The van der Waals surface area contributed by atoms with Crippen molar-refractivity contribution in [2.45, 2.75) is 31.7 Å². The lowest BCUT2D eigenvalue weighted by atomic mass is 9.91. The van der Waals surface area contributed by atoms with Gasteiger partial charge >= 0.3 is 0 Å². The number of rotatable bonds is 3. The van der Waals surface area contributed by atoms with Gasteiger partial charge in [-0.15, -0.1) is 0 Å². The van der Waals surface area contributed by atoms with Crippen LogP contribution in [0.25, 0.3) is 10.9 Å². The molecular formula is C23H25FN4O. The van der Waals surface area contributed by atoms with Crippen LogP contribution in [0.1, 0.15) is 35.6 Å². The number of nitrogens with zero attached hydrogens (tertiary/aromatic N) is 3. The fourth-order valence-corrected chi connectivity index (χ4v) is 4.69. The van der Waals surface area contributed by atoms with Gasteiger partial charge in [-0.05, 0) is 61.7 Å². The normalized spacial score (nSPS) is 18.2. The van der Waals surface area contributed by atoms with Crippen molar-refractivity contribution in [1.29, 1.82) is 0 Å². The Morgan fingerprint density at radius 3 is 2.72 bits per heavy atom. The average molecular weight is 392 g/mol. The van der Waals surface area contributed by atoms with Gasteiger partial charge in [0.2, 0.25) is 5.91 Å². The van der Waals surface area contributed by atoms with Crippen LogP contribution in [-0.4, -0.2) is 52.1 Å². The molecule has 1 amide bonds. The van der Waals surface area contributed by atoms with Crippen molar-refractivity contribution in [2.24, 2.45) is 0 Å². The molecule has 5 nitrogen and oxygen atoms in total. The van der Waals surface area contributed by atoms with Crippen LogP contribution in [0.5, 0.6) is 0 Å². The van der Waals surface area contributed by atoms with Crippen molar-refractivity contribution in [3.8, 4) is 0 Å². The van der Waals surface area contributed by atoms with E-state index in [-0.39, 0.29) is 11.7 Å². The first-order valence-electron chi connectivity index (χ1n) is 10.4. The monoisotopic (exact) mass is 392 g/mol. The zero-order chi connectivity index (χ0) is 19.8. The molecule has 29 heavy (non-hydrogen) atoms. The third kappa shape index (κ3) is 3.65.